The van der Waals surface area contributed by atoms with Crippen LogP contribution in [0.1, 0.15) is 18.1 Å². The monoisotopic (exact) mass is 221 g/mol. The predicted octanol–water partition coefficient (Wildman–Crippen LogP) is 0.306. The summed E-state index contributed by atoms with van der Waals surface area (Å²) in [5.74, 6) is 0. The minimum absolute atomic E-state index is 0.347. The summed E-state index contributed by atoms with van der Waals surface area (Å²) in [4.78, 5) is 7.07. The van der Waals surface area contributed by atoms with Crippen LogP contribution in [0.4, 0.5) is 0 Å². The zero-order chi connectivity index (χ0) is 11.5. The number of hydrogen-bond acceptors (Lipinski definition) is 4. The van der Waals surface area contributed by atoms with Crippen LogP contribution in [0, 0.1) is 0 Å². The van der Waals surface area contributed by atoms with Gasteiger partial charge in [-0.05, 0) is 30.7 Å². The van der Waals surface area contributed by atoms with E-state index in [9.17, 15) is 10.2 Å². The van der Waals surface area contributed by atoms with Gasteiger partial charge >= 0.3 is 0 Å². The van der Waals surface area contributed by atoms with Gasteiger partial charge in [0, 0.05) is 17.8 Å². The number of H-pyrrole nitrogens is 1. The van der Waals surface area contributed by atoms with Gasteiger partial charge in [-0.3, -0.25) is 0 Å². The molecule has 5 heteroatoms. The molecule has 2 aromatic heterocycles. The van der Waals surface area contributed by atoms with E-state index in [0.29, 0.717) is 24.2 Å². The van der Waals surface area contributed by atoms with Crippen molar-refractivity contribution in [1.82, 2.24) is 9.97 Å². The first-order valence-corrected chi connectivity index (χ1v) is 5.22. The number of aliphatic hydroxyl groups is 2. The molecular weight excluding hydrogens is 206 g/mol. The molecule has 0 radical (unpaired) electrons. The van der Waals surface area contributed by atoms with Crippen molar-refractivity contribution in [3.05, 3.63) is 30.1 Å². The number of nitrogens with one attached hydrogen (secondary N) is 1. The number of hydrogen-bond donors (Lipinski definition) is 4. The number of fused-ring (bicyclic) bond motifs is 1. The van der Waals surface area contributed by atoms with Gasteiger partial charge in [0.1, 0.15) is 11.8 Å². The Morgan fingerprint density at radius 3 is 2.94 bits per heavy atom. The van der Waals surface area contributed by atoms with Gasteiger partial charge in [-0.15, -0.1) is 0 Å². The molecular formula is C11H15N3O2. The molecule has 0 fully saturated rings. The van der Waals surface area contributed by atoms with Crippen molar-refractivity contribution in [2.24, 2.45) is 5.73 Å². The van der Waals surface area contributed by atoms with Crippen LogP contribution in [0.3, 0.4) is 0 Å². The number of nitrogens with zero attached hydrogens (tertiary/aromatic N) is 1. The van der Waals surface area contributed by atoms with Crippen LogP contribution >= 0.6 is 0 Å². The van der Waals surface area contributed by atoms with E-state index in [1.165, 1.54) is 0 Å². The Morgan fingerprint density at radius 1 is 1.38 bits per heavy atom. The third-order valence-electron chi connectivity index (χ3n) is 2.64. The van der Waals surface area contributed by atoms with Crippen LogP contribution in [0.15, 0.2) is 24.5 Å². The van der Waals surface area contributed by atoms with Crippen LogP contribution < -0.4 is 5.73 Å². The van der Waals surface area contributed by atoms with Crippen molar-refractivity contribution < 1.29 is 10.2 Å². The minimum atomic E-state index is -0.926. The van der Waals surface area contributed by atoms with Gasteiger partial charge in [0.05, 0.1) is 6.10 Å². The Bertz CT molecular complexity index is 469. The first-order valence-electron chi connectivity index (χ1n) is 5.22. The molecule has 16 heavy (non-hydrogen) atoms. The van der Waals surface area contributed by atoms with Crippen LogP contribution in [-0.2, 0) is 0 Å². The molecule has 2 atom stereocenters. The molecule has 0 spiro atoms. The summed E-state index contributed by atoms with van der Waals surface area (Å²) in [6, 6.07) is 3.54. The molecule has 0 saturated carbocycles. The quantitative estimate of drug-likeness (QED) is 0.597. The zero-order valence-electron chi connectivity index (χ0n) is 8.80. The molecule has 86 valence electrons. The molecule has 5 nitrogen and oxygen atoms in total. The number of aliphatic hydroxyl groups excluding tert-OH is 2. The third-order valence-corrected chi connectivity index (χ3v) is 2.64. The molecule has 0 bridgehead atoms. The molecule has 2 aromatic rings. The highest BCUT2D eigenvalue weighted by Gasteiger charge is 2.19. The second kappa shape index (κ2) is 4.61. The lowest BCUT2D eigenvalue weighted by atomic mass is 10.0. The summed E-state index contributed by atoms with van der Waals surface area (Å²) in [7, 11) is 0. The number of aromatic amines is 1. The largest absolute Gasteiger partial charge is 0.390 e. The summed E-state index contributed by atoms with van der Waals surface area (Å²) >= 11 is 0. The lowest BCUT2D eigenvalue weighted by Crippen LogP contribution is -2.21. The first-order chi connectivity index (χ1) is 7.74. The van der Waals surface area contributed by atoms with Gasteiger partial charge in [-0.25, -0.2) is 4.98 Å². The molecule has 0 aliphatic rings. The maximum atomic E-state index is 9.99. The molecule has 0 amide bonds. The maximum Gasteiger partial charge on any atom is 0.137 e. The Balaban J connectivity index is 2.35. The Morgan fingerprint density at radius 2 is 2.19 bits per heavy atom. The van der Waals surface area contributed by atoms with Gasteiger partial charge in [-0.2, -0.15) is 0 Å². The fourth-order valence-electron chi connectivity index (χ4n) is 1.78. The molecule has 0 aliphatic heterocycles. The molecule has 2 rings (SSSR count). The summed E-state index contributed by atoms with van der Waals surface area (Å²) in [6.45, 7) is 0.347. The predicted molar refractivity (Wildman–Crippen MR) is 60.7 cm³/mol. The van der Waals surface area contributed by atoms with E-state index >= 15 is 0 Å². The Kier molecular flexibility index (Phi) is 3.19. The van der Waals surface area contributed by atoms with E-state index in [4.69, 9.17) is 5.73 Å². The van der Waals surface area contributed by atoms with Gasteiger partial charge < -0.3 is 20.9 Å². The number of rotatable bonds is 4. The van der Waals surface area contributed by atoms with Gasteiger partial charge in [0.2, 0.25) is 0 Å². The van der Waals surface area contributed by atoms with E-state index in [2.05, 4.69) is 9.97 Å². The highest BCUT2D eigenvalue weighted by Crippen LogP contribution is 2.25. The Hall–Kier alpha value is -1.43. The molecule has 0 aliphatic carbocycles. The Labute approximate surface area is 92.9 Å². The normalized spacial score (nSPS) is 15.2. The maximum absolute atomic E-state index is 9.99. The average Bonchev–Trinajstić information content (AvgIpc) is 2.76. The SMILES string of the molecule is NCCC(O)C(O)c1ccnc2[nH]ccc12. The number of pyridine rings is 1. The van der Waals surface area contributed by atoms with E-state index in [0.717, 1.165) is 5.39 Å². The van der Waals surface area contributed by atoms with Crippen molar-refractivity contribution in [1.29, 1.82) is 0 Å². The average molecular weight is 221 g/mol. The minimum Gasteiger partial charge on any atom is -0.390 e. The van der Waals surface area contributed by atoms with Crippen molar-refractivity contribution in [3.63, 3.8) is 0 Å². The highest BCUT2D eigenvalue weighted by atomic mass is 16.3. The highest BCUT2D eigenvalue weighted by molar-refractivity contribution is 5.79. The van der Waals surface area contributed by atoms with E-state index in [1.807, 2.05) is 6.07 Å². The summed E-state index contributed by atoms with van der Waals surface area (Å²) in [6.07, 6.45) is 1.96. The number of aromatic nitrogens is 2. The van der Waals surface area contributed by atoms with Gasteiger partial charge in [-0.1, -0.05) is 0 Å². The molecule has 5 N–H and O–H groups in total. The smallest absolute Gasteiger partial charge is 0.137 e. The first kappa shape index (κ1) is 11.1. The van der Waals surface area contributed by atoms with E-state index < -0.39 is 12.2 Å². The van der Waals surface area contributed by atoms with Gasteiger partial charge in [0.15, 0.2) is 0 Å². The lowest BCUT2D eigenvalue weighted by Gasteiger charge is -2.17. The molecule has 0 aromatic carbocycles. The molecule has 0 saturated heterocycles. The van der Waals surface area contributed by atoms with E-state index in [-0.39, 0.29) is 0 Å². The second-order valence-corrected chi connectivity index (χ2v) is 3.73. The van der Waals surface area contributed by atoms with Crippen LogP contribution in [0.5, 0.6) is 0 Å². The molecule has 2 heterocycles. The second-order valence-electron chi connectivity index (χ2n) is 3.73. The fraction of sp³-hybridized carbons (Fsp3) is 0.364. The van der Waals surface area contributed by atoms with Gasteiger partial charge in [0.25, 0.3) is 0 Å². The standard InChI is InChI=1S/C11H15N3O2/c12-4-1-9(15)10(16)7-2-5-13-11-8(7)3-6-14-11/h2-3,5-6,9-10,15-16H,1,4,12H2,(H,13,14). The molecule has 2 unspecified atom stereocenters. The zero-order valence-corrected chi connectivity index (χ0v) is 8.80. The van der Waals surface area contributed by atoms with Crippen molar-refractivity contribution in [2.45, 2.75) is 18.6 Å². The fourth-order valence-corrected chi connectivity index (χ4v) is 1.78. The lowest BCUT2D eigenvalue weighted by molar-refractivity contribution is 0.0158. The van der Waals surface area contributed by atoms with Crippen molar-refractivity contribution >= 4 is 11.0 Å². The summed E-state index contributed by atoms with van der Waals surface area (Å²) < 4.78 is 0. The van der Waals surface area contributed by atoms with Crippen LogP contribution in [0.2, 0.25) is 0 Å². The third kappa shape index (κ3) is 1.92. The number of nitrogens with two attached hydrogens (primary N) is 1. The topological polar surface area (TPSA) is 95.2 Å². The summed E-state index contributed by atoms with van der Waals surface area (Å²) in [5.41, 5.74) is 6.73. The van der Waals surface area contributed by atoms with Crippen LogP contribution in [0.25, 0.3) is 11.0 Å². The van der Waals surface area contributed by atoms with Crippen molar-refractivity contribution in [2.75, 3.05) is 6.54 Å². The van der Waals surface area contributed by atoms with E-state index in [1.54, 1.807) is 18.5 Å². The summed E-state index contributed by atoms with van der Waals surface area (Å²) in [5, 5.41) is 20.5. The van der Waals surface area contributed by atoms with Crippen molar-refractivity contribution in [3.8, 4) is 0 Å². The van der Waals surface area contributed by atoms with Crippen LogP contribution in [-0.4, -0.2) is 32.8 Å².